The van der Waals surface area contributed by atoms with Crippen LogP contribution in [0.3, 0.4) is 0 Å². The van der Waals surface area contributed by atoms with Crippen molar-refractivity contribution < 1.29 is 0 Å². The predicted molar refractivity (Wildman–Crippen MR) is 66.8 cm³/mol. The van der Waals surface area contributed by atoms with Crippen LogP contribution in [0.5, 0.6) is 0 Å². The standard InChI is InChI=1S/C12H9ClN4/c1-17-11-4-8(2-3-9(11)6-16-17)10-5-12(13)15-7-14-10/h2-7H,1H3. The molecule has 2 heterocycles. The first-order valence-corrected chi connectivity index (χ1v) is 5.51. The van der Waals surface area contributed by atoms with Crippen LogP contribution in [-0.2, 0) is 7.05 Å². The Hall–Kier alpha value is -1.94. The Kier molecular flexibility index (Phi) is 2.30. The molecule has 3 aromatic rings. The highest BCUT2D eigenvalue weighted by atomic mass is 35.5. The van der Waals surface area contributed by atoms with E-state index in [2.05, 4.69) is 15.1 Å². The first kappa shape index (κ1) is 10.2. The van der Waals surface area contributed by atoms with Gasteiger partial charge in [0.05, 0.1) is 17.4 Å². The summed E-state index contributed by atoms with van der Waals surface area (Å²) in [5.74, 6) is 0. The molecule has 17 heavy (non-hydrogen) atoms. The lowest BCUT2D eigenvalue weighted by Crippen LogP contribution is -1.90. The molecule has 0 spiro atoms. The average Bonchev–Trinajstić information content (AvgIpc) is 2.71. The molecule has 0 unspecified atom stereocenters. The summed E-state index contributed by atoms with van der Waals surface area (Å²) in [6.45, 7) is 0. The Bertz CT molecular complexity index is 690. The second-order valence-corrected chi connectivity index (χ2v) is 4.15. The molecule has 2 aromatic heterocycles. The number of aryl methyl sites for hydroxylation is 1. The Morgan fingerprint density at radius 3 is 2.88 bits per heavy atom. The van der Waals surface area contributed by atoms with Crippen molar-refractivity contribution in [3.63, 3.8) is 0 Å². The number of nitrogens with zero attached hydrogens (tertiary/aromatic N) is 4. The highest BCUT2D eigenvalue weighted by Crippen LogP contribution is 2.23. The third-order valence-electron chi connectivity index (χ3n) is 2.68. The number of hydrogen-bond donors (Lipinski definition) is 0. The zero-order valence-corrected chi connectivity index (χ0v) is 9.89. The number of rotatable bonds is 1. The normalized spacial score (nSPS) is 10.9. The molecule has 0 aliphatic rings. The van der Waals surface area contributed by atoms with Crippen molar-refractivity contribution in [2.75, 3.05) is 0 Å². The van der Waals surface area contributed by atoms with Gasteiger partial charge < -0.3 is 0 Å². The maximum absolute atomic E-state index is 5.85. The fraction of sp³-hybridized carbons (Fsp3) is 0.0833. The van der Waals surface area contributed by atoms with E-state index in [0.29, 0.717) is 5.15 Å². The van der Waals surface area contributed by atoms with E-state index in [1.807, 2.05) is 36.1 Å². The largest absolute Gasteiger partial charge is 0.268 e. The zero-order valence-electron chi connectivity index (χ0n) is 9.13. The number of aromatic nitrogens is 4. The van der Waals surface area contributed by atoms with Gasteiger partial charge in [-0.05, 0) is 6.07 Å². The number of hydrogen-bond acceptors (Lipinski definition) is 3. The third kappa shape index (κ3) is 1.76. The molecule has 4 nitrogen and oxygen atoms in total. The molecule has 0 aliphatic carbocycles. The molecule has 3 rings (SSSR count). The van der Waals surface area contributed by atoms with Crippen LogP contribution in [0, 0.1) is 0 Å². The lowest BCUT2D eigenvalue weighted by atomic mass is 10.1. The maximum Gasteiger partial charge on any atom is 0.133 e. The Morgan fingerprint density at radius 1 is 1.18 bits per heavy atom. The fourth-order valence-electron chi connectivity index (χ4n) is 1.79. The minimum Gasteiger partial charge on any atom is -0.268 e. The van der Waals surface area contributed by atoms with Gasteiger partial charge in [-0.3, -0.25) is 4.68 Å². The molecule has 0 saturated heterocycles. The molecule has 1 aromatic carbocycles. The van der Waals surface area contributed by atoms with E-state index in [1.165, 1.54) is 6.33 Å². The summed E-state index contributed by atoms with van der Waals surface area (Å²) in [5, 5.41) is 5.76. The van der Waals surface area contributed by atoms with Crippen molar-refractivity contribution in [3.05, 3.63) is 41.9 Å². The van der Waals surface area contributed by atoms with E-state index in [0.717, 1.165) is 22.2 Å². The maximum atomic E-state index is 5.85. The summed E-state index contributed by atoms with van der Waals surface area (Å²) in [6, 6.07) is 7.82. The minimum atomic E-state index is 0.445. The van der Waals surface area contributed by atoms with Crippen molar-refractivity contribution >= 4 is 22.5 Å². The fourth-order valence-corrected chi connectivity index (χ4v) is 1.94. The molecule has 0 fully saturated rings. The van der Waals surface area contributed by atoms with Gasteiger partial charge in [-0.25, -0.2) is 9.97 Å². The highest BCUT2D eigenvalue weighted by Gasteiger charge is 2.04. The molecule has 0 saturated carbocycles. The Labute approximate surface area is 103 Å². The molecular weight excluding hydrogens is 236 g/mol. The van der Waals surface area contributed by atoms with Crippen LogP contribution in [-0.4, -0.2) is 19.7 Å². The van der Waals surface area contributed by atoms with E-state index in [-0.39, 0.29) is 0 Å². The van der Waals surface area contributed by atoms with Crippen molar-refractivity contribution in [1.29, 1.82) is 0 Å². The van der Waals surface area contributed by atoms with E-state index in [1.54, 1.807) is 6.07 Å². The molecule has 5 heteroatoms. The summed E-state index contributed by atoms with van der Waals surface area (Å²) in [7, 11) is 1.92. The van der Waals surface area contributed by atoms with Crippen LogP contribution < -0.4 is 0 Å². The van der Waals surface area contributed by atoms with Gasteiger partial charge >= 0.3 is 0 Å². The first-order chi connectivity index (χ1) is 8.24. The quantitative estimate of drug-likeness (QED) is 0.618. The smallest absolute Gasteiger partial charge is 0.133 e. The molecule has 0 atom stereocenters. The average molecular weight is 245 g/mol. The van der Waals surface area contributed by atoms with Crippen LogP contribution in [0.4, 0.5) is 0 Å². The van der Waals surface area contributed by atoms with Gasteiger partial charge in [0.15, 0.2) is 0 Å². The van der Waals surface area contributed by atoms with Gasteiger partial charge in [0.1, 0.15) is 11.5 Å². The summed E-state index contributed by atoms with van der Waals surface area (Å²) in [5.41, 5.74) is 2.88. The van der Waals surface area contributed by atoms with E-state index in [9.17, 15) is 0 Å². The van der Waals surface area contributed by atoms with Gasteiger partial charge in [0.25, 0.3) is 0 Å². The van der Waals surface area contributed by atoms with Crippen LogP contribution in [0.25, 0.3) is 22.2 Å². The van der Waals surface area contributed by atoms with E-state index < -0.39 is 0 Å². The minimum absolute atomic E-state index is 0.445. The van der Waals surface area contributed by atoms with Crippen LogP contribution >= 0.6 is 11.6 Å². The molecule has 0 N–H and O–H groups in total. The van der Waals surface area contributed by atoms with E-state index >= 15 is 0 Å². The molecule has 0 bridgehead atoms. The number of fused-ring (bicyclic) bond motifs is 1. The number of halogens is 1. The number of benzene rings is 1. The summed E-state index contributed by atoms with van der Waals surface area (Å²) in [4.78, 5) is 8.08. The first-order valence-electron chi connectivity index (χ1n) is 5.14. The lowest BCUT2D eigenvalue weighted by molar-refractivity contribution is 0.797. The molecule has 0 amide bonds. The van der Waals surface area contributed by atoms with E-state index in [4.69, 9.17) is 11.6 Å². The monoisotopic (exact) mass is 244 g/mol. The Morgan fingerprint density at radius 2 is 2.06 bits per heavy atom. The predicted octanol–water partition coefficient (Wildman–Crippen LogP) is 2.68. The summed E-state index contributed by atoms with van der Waals surface area (Å²) < 4.78 is 1.83. The topological polar surface area (TPSA) is 43.6 Å². The Balaban J connectivity index is 2.20. The highest BCUT2D eigenvalue weighted by molar-refractivity contribution is 6.29. The third-order valence-corrected chi connectivity index (χ3v) is 2.89. The van der Waals surface area contributed by atoms with Crippen molar-refractivity contribution in [3.8, 4) is 11.3 Å². The second kappa shape index (κ2) is 3.82. The molecule has 0 radical (unpaired) electrons. The molecule has 84 valence electrons. The SMILES string of the molecule is Cn1ncc2ccc(-c3cc(Cl)ncn3)cc21. The lowest BCUT2D eigenvalue weighted by Gasteiger charge is -2.01. The zero-order chi connectivity index (χ0) is 11.8. The molecule has 0 aliphatic heterocycles. The van der Waals surface area contributed by atoms with Gasteiger partial charge in [0.2, 0.25) is 0 Å². The summed E-state index contributed by atoms with van der Waals surface area (Å²) >= 11 is 5.85. The van der Waals surface area contributed by atoms with Crippen molar-refractivity contribution in [2.24, 2.45) is 7.05 Å². The van der Waals surface area contributed by atoms with Crippen LogP contribution in [0.2, 0.25) is 5.15 Å². The summed E-state index contributed by atoms with van der Waals surface area (Å²) in [6.07, 6.45) is 3.30. The van der Waals surface area contributed by atoms with Gasteiger partial charge in [-0.1, -0.05) is 23.7 Å². The van der Waals surface area contributed by atoms with Gasteiger partial charge in [-0.2, -0.15) is 5.10 Å². The van der Waals surface area contributed by atoms with Crippen LogP contribution in [0.15, 0.2) is 36.8 Å². The van der Waals surface area contributed by atoms with Gasteiger partial charge in [0, 0.05) is 24.1 Å². The van der Waals surface area contributed by atoms with Gasteiger partial charge in [-0.15, -0.1) is 0 Å². The molecular formula is C12H9ClN4. The van der Waals surface area contributed by atoms with Crippen molar-refractivity contribution in [1.82, 2.24) is 19.7 Å². The van der Waals surface area contributed by atoms with Crippen LogP contribution in [0.1, 0.15) is 0 Å². The second-order valence-electron chi connectivity index (χ2n) is 3.77. The van der Waals surface area contributed by atoms with Crippen molar-refractivity contribution in [2.45, 2.75) is 0 Å².